The van der Waals surface area contributed by atoms with Gasteiger partial charge in [-0.25, -0.2) is 0 Å². The van der Waals surface area contributed by atoms with Gasteiger partial charge in [-0.2, -0.15) is 0 Å². The molecule has 1 atom stereocenters. The van der Waals surface area contributed by atoms with Crippen molar-refractivity contribution in [2.45, 2.75) is 195 Å². The molecule has 0 aromatic carbocycles. The Labute approximate surface area is 483 Å². The van der Waals surface area contributed by atoms with Crippen molar-refractivity contribution in [3.63, 3.8) is 0 Å². The summed E-state index contributed by atoms with van der Waals surface area (Å²) in [5.41, 5.74) is 4.17. The molecule has 0 spiro atoms. The number of carboxylic acid groups (broad SMARTS) is 3. The van der Waals surface area contributed by atoms with Crippen molar-refractivity contribution < 1.29 is 82.2 Å². The molecule has 474 valence electrons. The van der Waals surface area contributed by atoms with Crippen LogP contribution in [0.4, 0.5) is 0 Å². The van der Waals surface area contributed by atoms with Crippen molar-refractivity contribution in [2.24, 2.45) is 23.5 Å². The zero-order valence-electron chi connectivity index (χ0n) is 50.1. The first kappa shape index (κ1) is 82.0. The van der Waals surface area contributed by atoms with Crippen LogP contribution < -0.4 is 37.6 Å². The molecule has 11 N–H and O–H groups in total. The standard InChI is InChI=1S/C25H47N5O9.C20H40O2.C10H17NO3.CH3NO.CH2O2/c1-4-20(3)25(35)30-7-6-22(32)26-8-9-27-23(33)18-38-16-15-37-13-11-29-24(34)19-39-17-14-36-12-10-28-21(31)5-2;1-2-3-4-5-6-7-8-9-10-11-12-13-14-15-16-17-18-19-20(21)22;1-7-2-4-8(5-3-7)10(14)11-6-9(12)13;2*2-1-3/h20H,4-19H2,1-3H3,(H,26,32)(H,27,33)(H,28,31)(H,29,34)(H,30,35);2-19H2,1H3,(H,21,22);7-8H,2-6H2,1H3,(H,11,14)(H,12,13);1H,(H2,2,3);1H,(H,2,3). The summed E-state index contributed by atoms with van der Waals surface area (Å²) in [6.07, 6.45) is 28.7. The van der Waals surface area contributed by atoms with Crippen molar-refractivity contribution in [3.05, 3.63) is 0 Å². The van der Waals surface area contributed by atoms with Gasteiger partial charge >= 0.3 is 11.9 Å². The number of hydrogen-bond acceptors (Lipinski definition) is 14. The maximum atomic E-state index is 11.7. The van der Waals surface area contributed by atoms with Crippen molar-refractivity contribution in [3.8, 4) is 0 Å². The lowest BCUT2D eigenvalue weighted by atomic mass is 9.82. The second kappa shape index (κ2) is 65.4. The summed E-state index contributed by atoms with van der Waals surface area (Å²) in [5, 5.41) is 39.6. The molecule has 0 saturated heterocycles. The van der Waals surface area contributed by atoms with E-state index in [0.29, 0.717) is 45.1 Å². The van der Waals surface area contributed by atoms with E-state index >= 15 is 0 Å². The number of ether oxygens (including phenoxy) is 4. The molecule has 7 amide bonds. The van der Waals surface area contributed by atoms with Crippen LogP contribution in [0.25, 0.3) is 0 Å². The molecule has 81 heavy (non-hydrogen) atoms. The van der Waals surface area contributed by atoms with Crippen molar-refractivity contribution in [2.75, 3.05) is 92.1 Å². The highest BCUT2D eigenvalue weighted by Crippen LogP contribution is 2.28. The number of primary amides is 1. The highest BCUT2D eigenvalue weighted by atomic mass is 16.5. The highest BCUT2D eigenvalue weighted by Gasteiger charge is 2.24. The van der Waals surface area contributed by atoms with Gasteiger partial charge in [-0.05, 0) is 44.4 Å². The molecule has 1 fully saturated rings. The molecule has 1 rings (SSSR count). The molecule has 0 aromatic heterocycles. The summed E-state index contributed by atoms with van der Waals surface area (Å²) in [7, 11) is 0. The first-order valence-corrected chi connectivity index (χ1v) is 29.6. The second-order valence-corrected chi connectivity index (χ2v) is 19.5. The number of nitrogens with two attached hydrogens (primary N) is 1. The lowest BCUT2D eigenvalue weighted by molar-refractivity contribution is -0.139. The number of amides is 7. The summed E-state index contributed by atoms with van der Waals surface area (Å²) >= 11 is 0. The van der Waals surface area contributed by atoms with Crippen LogP contribution in [0, 0.1) is 17.8 Å². The Morgan fingerprint density at radius 2 is 0.901 bits per heavy atom. The Balaban J connectivity index is -0.000000586. The number of carbonyl (C=O) groups excluding carboxylic acids is 7. The number of carbonyl (C=O) groups is 10. The summed E-state index contributed by atoms with van der Waals surface area (Å²) < 4.78 is 21.0. The van der Waals surface area contributed by atoms with Crippen LogP contribution >= 0.6 is 0 Å². The summed E-state index contributed by atoms with van der Waals surface area (Å²) in [5.74, 6) is -1.96. The Morgan fingerprint density at radius 3 is 1.31 bits per heavy atom. The van der Waals surface area contributed by atoms with Crippen LogP contribution in [0.5, 0.6) is 0 Å². The Kier molecular flexibility index (Phi) is 66.2. The van der Waals surface area contributed by atoms with E-state index in [-0.39, 0.29) is 132 Å². The number of rotatable bonds is 46. The number of unbranched alkanes of at least 4 members (excludes halogenated alkanes) is 16. The van der Waals surface area contributed by atoms with Crippen LogP contribution in [0.1, 0.15) is 195 Å². The highest BCUT2D eigenvalue weighted by molar-refractivity contribution is 5.83. The zero-order valence-corrected chi connectivity index (χ0v) is 50.1. The van der Waals surface area contributed by atoms with E-state index in [1.807, 2.05) is 13.8 Å². The third kappa shape index (κ3) is 68.7. The molecular weight excluding hydrogens is 1050 g/mol. The summed E-state index contributed by atoms with van der Waals surface area (Å²) in [6, 6.07) is 0. The lowest BCUT2D eigenvalue weighted by Crippen LogP contribution is -2.38. The molecule has 0 radical (unpaired) electrons. The maximum Gasteiger partial charge on any atom is 0.322 e. The molecule has 24 nitrogen and oxygen atoms in total. The summed E-state index contributed by atoms with van der Waals surface area (Å²) in [6.45, 7) is 12.6. The minimum Gasteiger partial charge on any atom is -0.483 e. The lowest BCUT2D eigenvalue weighted by Gasteiger charge is -2.24. The normalized spacial score (nSPS) is 13.4. The van der Waals surface area contributed by atoms with Crippen LogP contribution in [0.2, 0.25) is 0 Å². The fraction of sp³-hybridized carbons (Fsp3) is 0.825. The largest absolute Gasteiger partial charge is 0.483 e. The predicted molar refractivity (Wildman–Crippen MR) is 310 cm³/mol. The molecule has 1 saturated carbocycles. The van der Waals surface area contributed by atoms with Crippen LogP contribution in [-0.2, 0) is 66.9 Å². The fourth-order valence-electron chi connectivity index (χ4n) is 7.50. The molecule has 0 heterocycles. The average molecular weight is 1160 g/mol. The number of aliphatic carboxylic acids is 2. The van der Waals surface area contributed by atoms with Gasteiger partial charge in [0, 0.05) is 63.8 Å². The van der Waals surface area contributed by atoms with E-state index in [4.69, 9.17) is 43.9 Å². The topological polar surface area (TPSA) is 367 Å². The minimum atomic E-state index is -0.984. The molecule has 24 heteroatoms. The van der Waals surface area contributed by atoms with Gasteiger partial charge in [-0.15, -0.1) is 0 Å². The van der Waals surface area contributed by atoms with E-state index in [1.165, 1.54) is 96.3 Å². The van der Waals surface area contributed by atoms with Crippen LogP contribution in [-0.4, -0.2) is 168 Å². The number of carboxylic acids is 2. The van der Waals surface area contributed by atoms with Gasteiger partial charge < -0.3 is 71.9 Å². The van der Waals surface area contributed by atoms with Crippen LogP contribution in [0.3, 0.4) is 0 Å². The second-order valence-electron chi connectivity index (χ2n) is 19.5. The molecular formula is C57H109N7O17. The van der Waals surface area contributed by atoms with Crippen molar-refractivity contribution >= 4 is 60.3 Å². The van der Waals surface area contributed by atoms with E-state index in [9.17, 15) is 38.4 Å². The molecule has 1 aliphatic rings. The quantitative estimate of drug-likeness (QED) is 0.0269. The SMILES string of the molecule is CC1CCC(C(=O)NCC(=O)O)CC1.CCC(=O)NCCOCCOCC(=O)NCCOCCOCC(=O)NCCNC(=O)CCNC(=O)C(C)CC.CCCCCCCCCCCCCCCCCCCC(=O)O.NC=O.O=CO. The van der Waals surface area contributed by atoms with Gasteiger partial charge in [0.2, 0.25) is 41.9 Å². The molecule has 0 bridgehead atoms. The van der Waals surface area contributed by atoms with Gasteiger partial charge in [0.1, 0.15) is 19.8 Å². The minimum absolute atomic E-state index is 0.0278. The van der Waals surface area contributed by atoms with E-state index in [2.05, 4.69) is 51.5 Å². The third-order valence-corrected chi connectivity index (χ3v) is 12.4. The van der Waals surface area contributed by atoms with Gasteiger partial charge in [0.25, 0.3) is 6.47 Å². The third-order valence-electron chi connectivity index (χ3n) is 12.4. The Bertz CT molecular complexity index is 1570. The molecule has 0 aromatic rings. The predicted octanol–water partition coefficient (Wildman–Crippen LogP) is 5.41. The van der Waals surface area contributed by atoms with Gasteiger partial charge in [0.05, 0.1) is 39.6 Å². The van der Waals surface area contributed by atoms with E-state index in [1.54, 1.807) is 6.92 Å². The first-order valence-electron chi connectivity index (χ1n) is 29.6. The molecule has 1 aliphatic carbocycles. The first-order chi connectivity index (χ1) is 39.0. The van der Waals surface area contributed by atoms with Gasteiger partial charge in [-0.1, -0.05) is 137 Å². The number of nitrogens with one attached hydrogen (secondary N) is 6. The van der Waals surface area contributed by atoms with E-state index in [0.717, 1.165) is 44.9 Å². The van der Waals surface area contributed by atoms with E-state index < -0.39 is 11.9 Å². The smallest absolute Gasteiger partial charge is 0.322 e. The average Bonchev–Trinajstić information content (AvgIpc) is 3.44. The molecule has 1 unspecified atom stereocenters. The fourth-order valence-corrected chi connectivity index (χ4v) is 7.50. The molecule has 0 aliphatic heterocycles. The summed E-state index contributed by atoms with van der Waals surface area (Å²) in [4.78, 5) is 107. The van der Waals surface area contributed by atoms with Gasteiger partial charge in [-0.3, -0.25) is 47.9 Å². The Hall–Kier alpha value is -5.46. The number of hydrogen-bond donors (Lipinski definition) is 10. The zero-order chi connectivity index (χ0) is 61.4. The maximum absolute atomic E-state index is 11.7. The monoisotopic (exact) mass is 1160 g/mol. The van der Waals surface area contributed by atoms with Gasteiger partial charge in [0.15, 0.2) is 0 Å². The van der Waals surface area contributed by atoms with Crippen molar-refractivity contribution in [1.29, 1.82) is 0 Å². The Morgan fingerprint density at radius 1 is 0.506 bits per heavy atom. The van der Waals surface area contributed by atoms with Crippen molar-refractivity contribution in [1.82, 2.24) is 31.9 Å². The van der Waals surface area contributed by atoms with Crippen LogP contribution in [0.15, 0.2) is 0 Å².